The summed E-state index contributed by atoms with van der Waals surface area (Å²) in [6.45, 7) is -3.44. The summed E-state index contributed by atoms with van der Waals surface area (Å²) in [6.07, 6.45) is 3.12. The predicted octanol–water partition coefficient (Wildman–Crippen LogP) is 2.99. The van der Waals surface area contributed by atoms with Crippen molar-refractivity contribution in [1.29, 1.82) is 0 Å². The first-order valence-electron chi connectivity index (χ1n) is 9.09. The van der Waals surface area contributed by atoms with Gasteiger partial charge in [-0.25, -0.2) is 15.0 Å². The van der Waals surface area contributed by atoms with E-state index in [4.69, 9.17) is 11.6 Å². The van der Waals surface area contributed by atoms with Gasteiger partial charge in [0, 0.05) is 25.0 Å². The minimum absolute atomic E-state index is 0.0360. The molecule has 0 atom stereocenters. The summed E-state index contributed by atoms with van der Waals surface area (Å²) in [6, 6.07) is 7.92. The van der Waals surface area contributed by atoms with Gasteiger partial charge in [0.1, 0.15) is 11.4 Å². The smallest absolute Gasteiger partial charge is 0.387 e. The molecular formula is C20H16ClF2N5O3. The number of alkyl halides is 2. The van der Waals surface area contributed by atoms with E-state index < -0.39 is 6.61 Å². The number of fused-ring (bicyclic) bond motifs is 1. The molecule has 0 aliphatic rings. The van der Waals surface area contributed by atoms with Gasteiger partial charge in [0.2, 0.25) is 5.28 Å². The highest BCUT2D eigenvalue weighted by molar-refractivity contribution is 6.28. The second-order valence-electron chi connectivity index (χ2n) is 6.64. The van der Waals surface area contributed by atoms with Gasteiger partial charge < -0.3 is 9.84 Å². The Morgan fingerprint density at radius 2 is 1.90 bits per heavy atom. The highest BCUT2D eigenvalue weighted by atomic mass is 35.5. The van der Waals surface area contributed by atoms with Crippen molar-refractivity contribution in [1.82, 2.24) is 24.3 Å². The molecule has 0 fully saturated rings. The van der Waals surface area contributed by atoms with Crippen LogP contribution >= 0.6 is 11.6 Å². The number of rotatable bonds is 6. The van der Waals surface area contributed by atoms with Crippen molar-refractivity contribution in [2.75, 3.05) is 0 Å². The highest BCUT2D eigenvalue weighted by Gasteiger charge is 2.17. The molecule has 1 N–H and O–H groups in total. The van der Waals surface area contributed by atoms with E-state index in [1.807, 2.05) is 0 Å². The molecule has 0 amide bonds. The maximum Gasteiger partial charge on any atom is 0.387 e. The van der Waals surface area contributed by atoms with Crippen LogP contribution in [0.3, 0.4) is 0 Å². The topological polar surface area (TPSA) is 95.1 Å². The first kappa shape index (κ1) is 20.9. The van der Waals surface area contributed by atoms with Crippen LogP contribution < -0.4 is 10.3 Å². The van der Waals surface area contributed by atoms with Crippen LogP contribution in [0.1, 0.15) is 11.4 Å². The third kappa shape index (κ3) is 4.12. The van der Waals surface area contributed by atoms with Crippen molar-refractivity contribution in [2.45, 2.75) is 19.8 Å². The quantitative estimate of drug-likeness (QED) is 0.457. The Morgan fingerprint density at radius 3 is 2.58 bits per heavy atom. The summed E-state index contributed by atoms with van der Waals surface area (Å²) in [7, 11) is 1.57. The van der Waals surface area contributed by atoms with Crippen molar-refractivity contribution in [3.05, 3.63) is 69.8 Å². The van der Waals surface area contributed by atoms with Gasteiger partial charge in [-0.05, 0) is 41.4 Å². The van der Waals surface area contributed by atoms with Gasteiger partial charge in [0.15, 0.2) is 0 Å². The van der Waals surface area contributed by atoms with Crippen LogP contribution in [-0.2, 0) is 20.2 Å². The first-order chi connectivity index (χ1) is 14.9. The SMILES string of the molecule is Cn1c(=O)c2ccc(-c3cnc(Cl)nc3)cc2n1Cc1nc(CO)ccc1OC(F)F. The number of pyridine rings is 1. The van der Waals surface area contributed by atoms with E-state index in [1.54, 1.807) is 42.3 Å². The Hall–Kier alpha value is -3.37. The van der Waals surface area contributed by atoms with E-state index in [-0.39, 0.29) is 41.1 Å². The number of aromatic nitrogens is 5. The van der Waals surface area contributed by atoms with Gasteiger partial charge in [0.05, 0.1) is 29.7 Å². The Kier molecular flexibility index (Phi) is 5.66. The summed E-state index contributed by atoms with van der Waals surface area (Å²) in [4.78, 5) is 24.8. The average molecular weight is 448 g/mol. The van der Waals surface area contributed by atoms with Crippen LogP contribution in [0.2, 0.25) is 5.28 Å². The number of ether oxygens (including phenoxy) is 1. The molecule has 0 unspecified atom stereocenters. The van der Waals surface area contributed by atoms with E-state index in [0.717, 1.165) is 5.56 Å². The fourth-order valence-electron chi connectivity index (χ4n) is 3.28. The number of aliphatic hydroxyl groups excluding tert-OH is 1. The van der Waals surface area contributed by atoms with E-state index >= 15 is 0 Å². The van der Waals surface area contributed by atoms with Crippen molar-refractivity contribution < 1.29 is 18.6 Å². The fourth-order valence-corrected chi connectivity index (χ4v) is 3.38. The van der Waals surface area contributed by atoms with Crippen LogP contribution in [0.25, 0.3) is 22.0 Å². The molecule has 0 bridgehead atoms. The van der Waals surface area contributed by atoms with Crippen LogP contribution in [0.5, 0.6) is 5.75 Å². The molecule has 0 spiro atoms. The van der Waals surface area contributed by atoms with Crippen molar-refractivity contribution in [2.24, 2.45) is 7.05 Å². The molecule has 0 aliphatic heterocycles. The summed E-state index contributed by atoms with van der Waals surface area (Å²) in [5, 5.41) is 9.93. The second-order valence-corrected chi connectivity index (χ2v) is 6.98. The zero-order chi connectivity index (χ0) is 22.1. The van der Waals surface area contributed by atoms with Crippen molar-refractivity contribution in [3.8, 4) is 16.9 Å². The van der Waals surface area contributed by atoms with E-state index in [9.17, 15) is 18.7 Å². The summed E-state index contributed by atoms with van der Waals surface area (Å²) in [5.41, 5.74) is 2.17. The maximum atomic E-state index is 12.8. The summed E-state index contributed by atoms with van der Waals surface area (Å²) in [5.74, 6) is -0.135. The second kappa shape index (κ2) is 8.40. The molecular weight excluding hydrogens is 432 g/mol. The van der Waals surface area contributed by atoms with Gasteiger partial charge >= 0.3 is 6.61 Å². The molecule has 4 rings (SSSR count). The van der Waals surface area contributed by atoms with E-state index in [2.05, 4.69) is 19.7 Å². The molecule has 11 heteroatoms. The van der Waals surface area contributed by atoms with Gasteiger partial charge in [-0.3, -0.25) is 14.2 Å². The molecule has 160 valence electrons. The van der Waals surface area contributed by atoms with Gasteiger partial charge in [-0.15, -0.1) is 0 Å². The van der Waals surface area contributed by atoms with Gasteiger partial charge in [-0.1, -0.05) is 6.07 Å². The number of hydrogen-bond donors (Lipinski definition) is 1. The lowest BCUT2D eigenvalue weighted by Crippen LogP contribution is -2.20. The number of aliphatic hydroxyl groups is 1. The molecule has 0 saturated carbocycles. The largest absolute Gasteiger partial charge is 0.433 e. The van der Waals surface area contributed by atoms with Crippen molar-refractivity contribution >= 4 is 22.5 Å². The molecule has 0 radical (unpaired) electrons. The lowest BCUT2D eigenvalue weighted by Gasteiger charge is -2.14. The van der Waals surface area contributed by atoms with Gasteiger partial charge in [0.25, 0.3) is 5.56 Å². The van der Waals surface area contributed by atoms with Gasteiger partial charge in [-0.2, -0.15) is 8.78 Å². The summed E-state index contributed by atoms with van der Waals surface area (Å²) < 4.78 is 33.2. The standard InChI is InChI=1S/C20H16ClF2N5O3/c1-27-18(30)14-4-2-11(12-7-24-19(21)25-8-12)6-16(14)28(27)9-15-17(31-20(22)23)5-3-13(10-29)26-15/h2-8,20,29H,9-10H2,1H3. The highest BCUT2D eigenvalue weighted by Crippen LogP contribution is 2.25. The average Bonchev–Trinajstić information content (AvgIpc) is 2.99. The van der Waals surface area contributed by atoms with Crippen LogP contribution in [0, 0.1) is 0 Å². The Morgan fingerprint density at radius 1 is 1.16 bits per heavy atom. The third-order valence-electron chi connectivity index (χ3n) is 4.78. The molecule has 0 aliphatic carbocycles. The number of halogens is 3. The molecule has 0 saturated heterocycles. The lowest BCUT2D eigenvalue weighted by atomic mass is 10.1. The molecule has 3 aromatic heterocycles. The predicted molar refractivity (Wildman–Crippen MR) is 109 cm³/mol. The third-order valence-corrected chi connectivity index (χ3v) is 4.98. The number of benzene rings is 1. The molecule has 1 aromatic carbocycles. The van der Waals surface area contributed by atoms with E-state index in [1.165, 1.54) is 16.8 Å². The number of hydrogen-bond acceptors (Lipinski definition) is 6. The zero-order valence-corrected chi connectivity index (χ0v) is 16.9. The fraction of sp³-hybridized carbons (Fsp3) is 0.200. The maximum absolute atomic E-state index is 12.8. The zero-order valence-electron chi connectivity index (χ0n) is 16.2. The minimum atomic E-state index is -3.04. The Balaban J connectivity index is 1.84. The molecule has 8 nitrogen and oxygen atoms in total. The van der Waals surface area contributed by atoms with Crippen molar-refractivity contribution in [3.63, 3.8) is 0 Å². The lowest BCUT2D eigenvalue weighted by molar-refractivity contribution is -0.0508. The minimum Gasteiger partial charge on any atom is -0.433 e. The first-order valence-corrected chi connectivity index (χ1v) is 9.47. The number of nitrogens with zero attached hydrogens (tertiary/aromatic N) is 5. The van der Waals surface area contributed by atoms with Crippen LogP contribution in [0.4, 0.5) is 8.78 Å². The monoisotopic (exact) mass is 447 g/mol. The normalized spacial score (nSPS) is 11.4. The molecule has 31 heavy (non-hydrogen) atoms. The van der Waals surface area contributed by atoms with Crippen LogP contribution in [0.15, 0.2) is 47.5 Å². The Bertz CT molecular complexity index is 1300. The van der Waals surface area contributed by atoms with E-state index in [0.29, 0.717) is 16.5 Å². The van der Waals surface area contributed by atoms with Crippen LogP contribution in [-0.4, -0.2) is 36.0 Å². The molecule has 4 aromatic rings. The summed E-state index contributed by atoms with van der Waals surface area (Å²) >= 11 is 5.75. The molecule has 3 heterocycles. The Labute approximate surface area is 179 Å².